The number of hydrogen-bond donors (Lipinski definition) is 3. The van der Waals surface area contributed by atoms with Crippen molar-refractivity contribution >= 4 is 22.9 Å². The lowest BCUT2D eigenvalue weighted by molar-refractivity contribution is -0.140. The molecule has 9 nitrogen and oxygen atoms in total. The highest BCUT2D eigenvalue weighted by atomic mass is 32.2. The van der Waals surface area contributed by atoms with Gasteiger partial charge >= 0.3 is 5.97 Å². The molecule has 2 aliphatic carbocycles. The van der Waals surface area contributed by atoms with Gasteiger partial charge < -0.3 is 19.7 Å². The summed E-state index contributed by atoms with van der Waals surface area (Å²) in [6, 6.07) is 12.2. The number of hydrogen-bond acceptors (Lipinski definition) is 5. The van der Waals surface area contributed by atoms with Gasteiger partial charge in [0.2, 0.25) is 5.91 Å². The first kappa shape index (κ1) is 27.0. The van der Waals surface area contributed by atoms with Crippen LogP contribution < -0.4 is 14.8 Å². The highest BCUT2D eigenvalue weighted by molar-refractivity contribution is 7.83. The van der Waals surface area contributed by atoms with Gasteiger partial charge in [-0.2, -0.15) is 0 Å². The maximum absolute atomic E-state index is 14.6. The fraction of sp³-hybridized carbons (Fsp3) is 0.393. The lowest BCUT2D eigenvalue weighted by Gasteiger charge is -2.35. The Morgan fingerprint density at radius 1 is 1.23 bits per heavy atom. The van der Waals surface area contributed by atoms with Crippen LogP contribution in [-0.2, 0) is 40.5 Å². The Morgan fingerprint density at radius 2 is 2.05 bits per heavy atom. The summed E-state index contributed by atoms with van der Waals surface area (Å²) in [6.07, 6.45) is 5.40. The summed E-state index contributed by atoms with van der Waals surface area (Å²) in [7, 11) is 0.364. The summed E-state index contributed by atoms with van der Waals surface area (Å²) in [5, 5.41) is 12.8. The van der Waals surface area contributed by atoms with Gasteiger partial charge in [0.25, 0.3) is 0 Å². The second-order valence-corrected chi connectivity index (χ2v) is 11.3. The molecule has 5 rings (SSSR count). The smallest absolute Gasteiger partial charge is 0.307 e. The zero-order chi connectivity index (χ0) is 27.5. The first-order chi connectivity index (χ1) is 18.8. The van der Waals surface area contributed by atoms with E-state index in [-0.39, 0.29) is 30.3 Å². The van der Waals surface area contributed by atoms with Crippen LogP contribution in [-0.4, -0.2) is 49.9 Å². The van der Waals surface area contributed by atoms with Crippen molar-refractivity contribution in [2.24, 2.45) is 18.9 Å². The van der Waals surface area contributed by atoms with Crippen LogP contribution in [0, 0.1) is 17.7 Å². The minimum absolute atomic E-state index is 0.213. The molecular formula is C28H31FN4O5S. The van der Waals surface area contributed by atoms with Crippen LogP contribution in [0.25, 0.3) is 0 Å². The molecule has 0 saturated heterocycles. The maximum atomic E-state index is 14.6. The third-order valence-electron chi connectivity index (χ3n) is 7.37. The number of halogens is 1. The van der Waals surface area contributed by atoms with Gasteiger partial charge in [0.15, 0.2) is 5.03 Å². The van der Waals surface area contributed by atoms with Crippen LogP contribution in [0.3, 0.4) is 0 Å². The van der Waals surface area contributed by atoms with Crippen molar-refractivity contribution in [3.63, 3.8) is 0 Å². The van der Waals surface area contributed by atoms with Crippen LogP contribution in [0.2, 0.25) is 0 Å². The van der Waals surface area contributed by atoms with Crippen molar-refractivity contribution in [1.29, 1.82) is 0 Å². The number of fused-ring (bicyclic) bond motifs is 1. The first-order valence-corrected chi connectivity index (χ1v) is 14.1. The molecule has 5 unspecified atom stereocenters. The number of carbonyl (C=O) groups is 2. The Hall–Kier alpha value is -3.57. The van der Waals surface area contributed by atoms with Gasteiger partial charge in [0.1, 0.15) is 29.2 Å². The number of rotatable bonds is 11. The lowest BCUT2D eigenvalue weighted by atomic mass is 9.76. The monoisotopic (exact) mass is 554 g/mol. The van der Waals surface area contributed by atoms with E-state index in [2.05, 4.69) is 15.0 Å². The molecular weight excluding hydrogens is 523 g/mol. The molecule has 2 aromatic carbocycles. The summed E-state index contributed by atoms with van der Waals surface area (Å²) < 4.78 is 37.5. The Labute approximate surface area is 228 Å². The third-order valence-corrected chi connectivity index (χ3v) is 8.43. The average Bonchev–Trinajstić information content (AvgIpc) is 3.62. The second kappa shape index (κ2) is 11.7. The number of nitrogens with zero attached hydrogens (tertiary/aromatic N) is 2. The molecule has 1 fully saturated rings. The number of aryl methyl sites for hydroxylation is 2. The summed E-state index contributed by atoms with van der Waals surface area (Å²) in [5.74, 6) is -2.25. The zero-order valence-corrected chi connectivity index (χ0v) is 22.3. The van der Waals surface area contributed by atoms with Crippen molar-refractivity contribution in [2.45, 2.75) is 42.7 Å². The number of nitrogens with one attached hydrogen (secondary N) is 2. The van der Waals surface area contributed by atoms with E-state index in [0.717, 1.165) is 17.5 Å². The standard InChI is InChI=1S/C28H31FN4O5S/c1-33-15-26(30-16-33)39(37)31-10-11-38-19-8-6-17-7-9-25(32-27(34)22-14-23(22)28(35)36)21(20(17)13-19)12-18-4-2-3-5-24(18)29/h2-6,8,13,15-16,21-23,25,31H,7,9-12,14H2,1H3,(H,32,34)(H,35,36). The first-order valence-electron chi connectivity index (χ1n) is 13.0. The van der Waals surface area contributed by atoms with Gasteiger partial charge in [0, 0.05) is 31.7 Å². The predicted molar refractivity (Wildman–Crippen MR) is 142 cm³/mol. The minimum atomic E-state index is -1.44. The van der Waals surface area contributed by atoms with Crippen molar-refractivity contribution in [1.82, 2.24) is 19.6 Å². The molecule has 2 aliphatic rings. The molecule has 0 radical (unpaired) electrons. The molecule has 3 aromatic rings. The summed E-state index contributed by atoms with van der Waals surface area (Å²) in [4.78, 5) is 28.2. The summed E-state index contributed by atoms with van der Waals surface area (Å²) in [6.45, 7) is 0.609. The fourth-order valence-corrected chi connectivity index (χ4v) is 6.02. The van der Waals surface area contributed by atoms with E-state index >= 15 is 0 Å². The topological polar surface area (TPSA) is 123 Å². The Morgan fingerprint density at radius 3 is 2.77 bits per heavy atom. The van der Waals surface area contributed by atoms with Crippen LogP contribution in [0.15, 0.2) is 60.0 Å². The Bertz CT molecular complexity index is 1400. The number of amides is 1. The number of aliphatic carboxylic acids is 1. The maximum Gasteiger partial charge on any atom is 0.307 e. The van der Waals surface area contributed by atoms with Crippen molar-refractivity contribution in [3.05, 3.63) is 77.5 Å². The number of carboxylic acids is 1. The van der Waals surface area contributed by atoms with Crippen molar-refractivity contribution in [3.8, 4) is 5.75 Å². The summed E-state index contributed by atoms with van der Waals surface area (Å²) >= 11 is 0. The number of ether oxygens (including phenoxy) is 1. The third kappa shape index (κ3) is 6.36. The van der Waals surface area contributed by atoms with Crippen molar-refractivity contribution in [2.75, 3.05) is 13.2 Å². The molecule has 0 bridgehead atoms. The molecule has 0 spiro atoms. The molecule has 3 N–H and O–H groups in total. The van der Waals surface area contributed by atoms with E-state index in [0.29, 0.717) is 42.1 Å². The molecule has 0 aliphatic heterocycles. The minimum Gasteiger partial charge on any atom is -0.492 e. The van der Waals surface area contributed by atoms with Gasteiger partial charge in [-0.05, 0) is 60.6 Å². The summed E-state index contributed by atoms with van der Waals surface area (Å²) in [5.41, 5.74) is 2.64. The van der Waals surface area contributed by atoms with Gasteiger partial charge in [-0.3, -0.25) is 9.59 Å². The number of benzene rings is 2. The fourth-order valence-electron chi connectivity index (χ4n) is 5.20. The highest BCUT2D eigenvalue weighted by Gasteiger charge is 2.49. The normalized spacial score (nSPS) is 22.5. The SMILES string of the molecule is Cn1cnc(S(=O)NCCOc2ccc3c(c2)C(Cc2ccccc2F)C(NC(=O)C2CC2C(=O)O)CC3)c1. The second-order valence-electron chi connectivity index (χ2n) is 10.1. The van der Waals surface area contributed by atoms with E-state index in [4.69, 9.17) is 4.74 Å². The Balaban J connectivity index is 1.29. The lowest BCUT2D eigenvalue weighted by Crippen LogP contribution is -2.43. The van der Waals surface area contributed by atoms with Gasteiger partial charge in [-0.1, -0.05) is 24.3 Å². The van der Waals surface area contributed by atoms with Crippen LogP contribution in [0.1, 0.15) is 35.4 Å². The quantitative estimate of drug-likeness (QED) is 0.314. The van der Waals surface area contributed by atoms with E-state index < -0.39 is 28.8 Å². The van der Waals surface area contributed by atoms with E-state index in [9.17, 15) is 23.3 Å². The van der Waals surface area contributed by atoms with E-state index in [1.54, 1.807) is 42.3 Å². The van der Waals surface area contributed by atoms with Gasteiger partial charge in [-0.25, -0.2) is 18.3 Å². The van der Waals surface area contributed by atoms with Crippen LogP contribution in [0.5, 0.6) is 5.75 Å². The highest BCUT2D eigenvalue weighted by Crippen LogP contribution is 2.41. The molecule has 1 saturated carbocycles. The molecule has 1 amide bonds. The Kier molecular flexibility index (Phi) is 8.08. The number of carboxylic acid groups (broad SMARTS) is 1. The predicted octanol–water partition coefficient (Wildman–Crippen LogP) is 2.73. The molecule has 11 heteroatoms. The molecule has 1 aromatic heterocycles. The molecule has 5 atom stereocenters. The van der Waals surface area contributed by atoms with E-state index in [1.807, 2.05) is 18.2 Å². The number of aromatic nitrogens is 2. The molecule has 39 heavy (non-hydrogen) atoms. The van der Waals surface area contributed by atoms with Crippen molar-refractivity contribution < 1.29 is 28.0 Å². The number of carbonyl (C=O) groups excluding carboxylic acids is 1. The van der Waals surface area contributed by atoms with E-state index in [1.165, 1.54) is 6.07 Å². The molecule has 206 valence electrons. The number of imidazole rings is 1. The van der Waals surface area contributed by atoms with Crippen LogP contribution >= 0.6 is 0 Å². The average molecular weight is 555 g/mol. The molecule has 1 heterocycles. The van der Waals surface area contributed by atoms with Gasteiger partial charge in [0.05, 0.1) is 18.2 Å². The van der Waals surface area contributed by atoms with Gasteiger partial charge in [-0.15, -0.1) is 0 Å². The zero-order valence-electron chi connectivity index (χ0n) is 21.5. The largest absolute Gasteiger partial charge is 0.492 e. The van der Waals surface area contributed by atoms with Crippen LogP contribution in [0.4, 0.5) is 4.39 Å².